The number of anilines is 1. The summed E-state index contributed by atoms with van der Waals surface area (Å²) < 4.78 is 5.53. The van der Waals surface area contributed by atoms with Crippen molar-refractivity contribution in [2.24, 2.45) is 5.92 Å². The minimum Gasteiger partial charge on any atom is -0.492 e. The van der Waals surface area contributed by atoms with Crippen molar-refractivity contribution in [1.29, 1.82) is 0 Å². The summed E-state index contributed by atoms with van der Waals surface area (Å²) in [4.78, 5) is 12.3. The minimum atomic E-state index is 0.0714. The topological polar surface area (TPSA) is 38.3 Å². The van der Waals surface area contributed by atoms with Crippen LogP contribution in [0.3, 0.4) is 0 Å². The standard InChI is InChI=1S/C18H19NO2/c1-2-21-17-11-7-6-10-16(17)19-18(20)15-12-14(15)13-8-4-3-5-9-13/h3-11,14-15H,2,12H2,1H3,(H,19,20)/t14-,15-/m1/s1. The SMILES string of the molecule is CCOc1ccccc1NC(=O)[C@@H]1C[C@@H]1c1ccccc1. The molecular formula is C18H19NO2. The molecular weight excluding hydrogens is 262 g/mol. The smallest absolute Gasteiger partial charge is 0.228 e. The molecule has 0 saturated heterocycles. The van der Waals surface area contributed by atoms with Crippen LogP contribution in [0.15, 0.2) is 54.6 Å². The van der Waals surface area contributed by atoms with Gasteiger partial charge in [0.1, 0.15) is 5.75 Å². The molecule has 1 N–H and O–H groups in total. The summed E-state index contributed by atoms with van der Waals surface area (Å²) in [5.74, 6) is 1.23. The second-order valence-corrected chi connectivity index (χ2v) is 5.28. The van der Waals surface area contributed by atoms with Crippen LogP contribution in [-0.4, -0.2) is 12.5 Å². The zero-order valence-electron chi connectivity index (χ0n) is 12.1. The van der Waals surface area contributed by atoms with Crippen molar-refractivity contribution in [3.05, 3.63) is 60.2 Å². The van der Waals surface area contributed by atoms with Crippen molar-refractivity contribution in [3.8, 4) is 5.75 Å². The molecule has 108 valence electrons. The van der Waals surface area contributed by atoms with E-state index in [0.29, 0.717) is 12.5 Å². The first kappa shape index (κ1) is 13.7. The molecule has 0 unspecified atom stereocenters. The van der Waals surface area contributed by atoms with Crippen molar-refractivity contribution in [1.82, 2.24) is 0 Å². The van der Waals surface area contributed by atoms with Crippen LogP contribution in [0, 0.1) is 5.92 Å². The highest BCUT2D eigenvalue weighted by atomic mass is 16.5. The maximum atomic E-state index is 12.3. The van der Waals surface area contributed by atoms with E-state index < -0.39 is 0 Å². The summed E-state index contributed by atoms with van der Waals surface area (Å²) in [5.41, 5.74) is 2.00. The number of benzene rings is 2. The van der Waals surface area contributed by atoms with Crippen molar-refractivity contribution in [2.45, 2.75) is 19.3 Å². The number of carbonyl (C=O) groups excluding carboxylic acids is 1. The quantitative estimate of drug-likeness (QED) is 0.904. The molecule has 3 nitrogen and oxygen atoms in total. The lowest BCUT2D eigenvalue weighted by atomic mass is 10.1. The van der Waals surface area contributed by atoms with Crippen LogP contribution >= 0.6 is 0 Å². The Hall–Kier alpha value is -2.29. The highest BCUT2D eigenvalue weighted by molar-refractivity contribution is 5.96. The summed E-state index contributed by atoms with van der Waals surface area (Å²) >= 11 is 0. The lowest BCUT2D eigenvalue weighted by molar-refractivity contribution is -0.117. The summed E-state index contributed by atoms with van der Waals surface area (Å²) in [6, 6.07) is 17.8. The molecule has 3 heteroatoms. The van der Waals surface area contributed by atoms with Crippen LogP contribution < -0.4 is 10.1 Å². The average molecular weight is 281 g/mol. The van der Waals surface area contributed by atoms with Gasteiger partial charge in [-0.2, -0.15) is 0 Å². The molecule has 1 aliphatic rings. The number of carbonyl (C=O) groups is 1. The predicted molar refractivity (Wildman–Crippen MR) is 83.5 cm³/mol. The lowest BCUT2D eigenvalue weighted by Crippen LogP contribution is -2.15. The number of para-hydroxylation sites is 2. The van der Waals surface area contributed by atoms with Gasteiger partial charge in [0, 0.05) is 5.92 Å². The van der Waals surface area contributed by atoms with E-state index >= 15 is 0 Å². The Bertz CT molecular complexity index is 624. The second kappa shape index (κ2) is 6.00. The zero-order valence-corrected chi connectivity index (χ0v) is 12.1. The first-order valence-electron chi connectivity index (χ1n) is 7.37. The van der Waals surface area contributed by atoms with Gasteiger partial charge in [-0.1, -0.05) is 42.5 Å². The van der Waals surface area contributed by atoms with Crippen molar-refractivity contribution < 1.29 is 9.53 Å². The molecule has 2 aromatic rings. The molecule has 0 spiro atoms. The fourth-order valence-corrected chi connectivity index (χ4v) is 2.63. The number of nitrogens with one attached hydrogen (secondary N) is 1. The third-order valence-corrected chi connectivity index (χ3v) is 3.80. The van der Waals surface area contributed by atoms with Gasteiger partial charge >= 0.3 is 0 Å². The molecule has 0 aromatic heterocycles. The van der Waals surface area contributed by atoms with E-state index in [9.17, 15) is 4.79 Å². The van der Waals surface area contributed by atoms with E-state index in [1.807, 2.05) is 49.4 Å². The lowest BCUT2D eigenvalue weighted by Gasteiger charge is -2.11. The number of rotatable bonds is 5. The van der Waals surface area contributed by atoms with Crippen LogP contribution in [0.25, 0.3) is 0 Å². The monoisotopic (exact) mass is 281 g/mol. The molecule has 21 heavy (non-hydrogen) atoms. The number of amides is 1. The molecule has 2 aromatic carbocycles. The molecule has 0 bridgehead atoms. The van der Waals surface area contributed by atoms with Gasteiger partial charge in [0.2, 0.25) is 5.91 Å². The van der Waals surface area contributed by atoms with Gasteiger partial charge in [0.15, 0.2) is 0 Å². The highest BCUT2D eigenvalue weighted by Gasteiger charge is 2.43. The van der Waals surface area contributed by atoms with Gasteiger partial charge in [-0.25, -0.2) is 0 Å². The van der Waals surface area contributed by atoms with Crippen LogP contribution in [-0.2, 0) is 4.79 Å². The number of ether oxygens (including phenoxy) is 1. The number of hydrogen-bond donors (Lipinski definition) is 1. The Kier molecular flexibility index (Phi) is 3.91. The van der Waals surface area contributed by atoms with Crippen LogP contribution in [0.5, 0.6) is 5.75 Å². The molecule has 3 rings (SSSR count). The largest absolute Gasteiger partial charge is 0.492 e. The molecule has 1 saturated carbocycles. The second-order valence-electron chi connectivity index (χ2n) is 5.28. The van der Waals surface area contributed by atoms with Crippen molar-refractivity contribution in [2.75, 3.05) is 11.9 Å². The minimum absolute atomic E-state index is 0.0714. The van der Waals surface area contributed by atoms with Gasteiger partial charge in [-0.05, 0) is 37.0 Å². The third kappa shape index (κ3) is 3.07. The normalized spacial score (nSPS) is 19.9. The molecule has 1 amide bonds. The zero-order chi connectivity index (χ0) is 14.7. The van der Waals surface area contributed by atoms with Crippen LogP contribution in [0.4, 0.5) is 5.69 Å². The summed E-state index contributed by atoms with van der Waals surface area (Å²) in [6.07, 6.45) is 0.923. The van der Waals surface area contributed by atoms with Crippen LogP contribution in [0.1, 0.15) is 24.8 Å². The Labute approximate surface area is 124 Å². The first-order valence-corrected chi connectivity index (χ1v) is 7.37. The Morgan fingerprint density at radius 1 is 1.14 bits per heavy atom. The van der Waals surface area contributed by atoms with E-state index in [-0.39, 0.29) is 11.8 Å². The van der Waals surface area contributed by atoms with Gasteiger partial charge < -0.3 is 10.1 Å². The fourth-order valence-electron chi connectivity index (χ4n) is 2.63. The molecule has 1 aliphatic carbocycles. The van der Waals surface area contributed by atoms with Crippen LogP contribution in [0.2, 0.25) is 0 Å². The van der Waals surface area contributed by atoms with E-state index in [1.165, 1.54) is 5.56 Å². The van der Waals surface area contributed by atoms with Gasteiger partial charge in [-0.15, -0.1) is 0 Å². The molecule has 0 heterocycles. The molecule has 0 aliphatic heterocycles. The van der Waals surface area contributed by atoms with E-state index in [1.54, 1.807) is 0 Å². The van der Waals surface area contributed by atoms with Gasteiger partial charge in [-0.3, -0.25) is 4.79 Å². The summed E-state index contributed by atoms with van der Waals surface area (Å²) in [6.45, 7) is 2.52. The van der Waals surface area contributed by atoms with Crippen molar-refractivity contribution in [3.63, 3.8) is 0 Å². The third-order valence-electron chi connectivity index (χ3n) is 3.80. The van der Waals surface area contributed by atoms with E-state index in [4.69, 9.17) is 4.74 Å². The van der Waals surface area contributed by atoms with E-state index in [2.05, 4.69) is 17.4 Å². The van der Waals surface area contributed by atoms with Gasteiger partial charge in [0.25, 0.3) is 0 Å². The maximum absolute atomic E-state index is 12.3. The summed E-state index contributed by atoms with van der Waals surface area (Å²) in [7, 11) is 0. The maximum Gasteiger partial charge on any atom is 0.228 e. The molecule has 0 radical (unpaired) electrons. The van der Waals surface area contributed by atoms with Gasteiger partial charge in [0.05, 0.1) is 12.3 Å². The first-order chi connectivity index (χ1) is 10.3. The Morgan fingerprint density at radius 3 is 2.62 bits per heavy atom. The Morgan fingerprint density at radius 2 is 1.86 bits per heavy atom. The predicted octanol–water partition coefficient (Wildman–Crippen LogP) is 3.83. The molecule has 2 atom stereocenters. The average Bonchev–Trinajstić information content (AvgIpc) is 3.31. The highest BCUT2D eigenvalue weighted by Crippen LogP contribution is 2.48. The molecule has 1 fully saturated rings. The Balaban J connectivity index is 1.66. The summed E-state index contributed by atoms with van der Waals surface area (Å²) in [5, 5.41) is 2.99. The number of hydrogen-bond acceptors (Lipinski definition) is 2. The van der Waals surface area contributed by atoms with E-state index in [0.717, 1.165) is 17.9 Å². The fraction of sp³-hybridized carbons (Fsp3) is 0.278. The van der Waals surface area contributed by atoms with Crippen molar-refractivity contribution >= 4 is 11.6 Å².